The minimum atomic E-state index is 0.415. The summed E-state index contributed by atoms with van der Waals surface area (Å²) >= 11 is 10.9. The minimum absolute atomic E-state index is 0.415. The van der Waals surface area contributed by atoms with Gasteiger partial charge in [-0.1, -0.05) is 23.7 Å². The lowest BCUT2D eigenvalue weighted by molar-refractivity contribution is 0.282. The maximum absolute atomic E-state index is 5.92. The lowest BCUT2D eigenvalue weighted by Gasteiger charge is -2.13. The van der Waals surface area contributed by atoms with E-state index in [-0.39, 0.29) is 0 Å². The highest BCUT2D eigenvalue weighted by atomic mass is 79.9. The van der Waals surface area contributed by atoms with Crippen molar-refractivity contribution in [2.45, 2.75) is 6.61 Å². The van der Waals surface area contributed by atoms with E-state index < -0.39 is 0 Å². The van der Waals surface area contributed by atoms with Gasteiger partial charge in [-0.15, -0.1) is 11.3 Å². The van der Waals surface area contributed by atoms with Gasteiger partial charge in [0.25, 0.3) is 0 Å². The Kier molecular flexibility index (Phi) is 6.07. The van der Waals surface area contributed by atoms with Crippen molar-refractivity contribution in [3.8, 4) is 11.5 Å². The Morgan fingerprint density at radius 3 is 2.76 bits per heavy atom. The van der Waals surface area contributed by atoms with Gasteiger partial charge in [-0.05, 0) is 51.3 Å². The number of aliphatic imine (C=N–C) groups is 1. The Bertz CT molecular complexity index is 868. The Labute approximate surface area is 163 Å². The van der Waals surface area contributed by atoms with Gasteiger partial charge in [0.1, 0.15) is 6.61 Å². The molecule has 3 rings (SSSR count). The van der Waals surface area contributed by atoms with Crippen molar-refractivity contribution in [2.24, 2.45) is 4.99 Å². The first-order chi connectivity index (χ1) is 12.2. The van der Waals surface area contributed by atoms with E-state index in [2.05, 4.69) is 25.9 Å². The predicted molar refractivity (Wildman–Crippen MR) is 106 cm³/mol. The van der Waals surface area contributed by atoms with Crippen LogP contribution in [0.4, 0.5) is 5.13 Å². The van der Waals surface area contributed by atoms with Gasteiger partial charge in [0.05, 0.1) is 11.6 Å². The summed E-state index contributed by atoms with van der Waals surface area (Å²) in [7, 11) is 1.61. The number of rotatable bonds is 6. The van der Waals surface area contributed by atoms with Gasteiger partial charge in [0, 0.05) is 22.8 Å². The van der Waals surface area contributed by atoms with Gasteiger partial charge in [-0.2, -0.15) is 0 Å². The molecule has 0 spiro atoms. The highest BCUT2D eigenvalue weighted by Crippen LogP contribution is 2.37. The van der Waals surface area contributed by atoms with Crippen LogP contribution in [0.15, 0.2) is 57.4 Å². The summed E-state index contributed by atoms with van der Waals surface area (Å²) in [6.07, 6.45) is 3.47. The van der Waals surface area contributed by atoms with Crippen LogP contribution in [-0.4, -0.2) is 18.3 Å². The second kappa shape index (κ2) is 8.47. The molecule has 0 aliphatic rings. The molecular weight excluding hydrogens is 424 g/mol. The largest absolute Gasteiger partial charge is 0.493 e. The second-order valence-corrected chi connectivity index (χ2v) is 7.19. The fourth-order valence-electron chi connectivity index (χ4n) is 2.10. The monoisotopic (exact) mass is 436 g/mol. The van der Waals surface area contributed by atoms with Crippen molar-refractivity contribution in [1.82, 2.24) is 4.98 Å². The molecular formula is C18H14BrClN2O2S. The molecule has 0 aliphatic heterocycles. The number of benzene rings is 2. The maximum atomic E-state index is 5.92. The molecule has 3 aromatic rings. The SMILES string of the molecule is COc1cc(C=Nc2nccs2)cc(Br)c1OCc1ccc(Cl)cc1. The van der Waals surface area contributed by atoms with Crippen molar-refractivity contribution >= 4 is 50.2 Å². The molecule has 0 N–H and O–H groups in total. The number of thiazole rings is 1. The Balaban J connectivity index is 1.78. The van der Waals surface area contributed by atoms with Crippen molar-refractivity contribution < 1.29 is 9.47 Å². The first-order valence-corrected chi connectivity index (χ1v) is 9.39. The normalized spacial score (nSPS) is 11.0. The molecule has 7 heteroatoms. The number of hydrogen-bond donors (Lipinski definition) is 0. The quantitative estimate of drug-likeness (QED) is 0.451. The number of aromatic nitrogens is 1. The highest BCUT2D eigenvalue weighted by Gasteiger charge is 2.11. The molecule has 0 aliphatic carbocycles. The summed E-state index contributed by atoms with van der Waals surface area (Å²) < 4.78 is 12.2. The van der Waals surface area contributed by atoms with Gasteiger partial charge in [0.2, 0.25) is 5.13 Å². The predicted octanol–water partition coefficient (Wildman–Crippen LogP) is 5.90. The number of halogens is 2. The third-order valence-electron chi connectivity index (χ3n) is 3.29. The zero-order chi connectivity index (χ0) is 17.6. The number of ether oxygens (including phenoxy) is 2. The van der Waals surface area contributed by atoms with Crippen molar-refractivity contribution in [2.75, 3.05) is 7.11 Å². The van der Waals surface area contributed by atoms with Gasteiger partial charge < -0.3 is 9.47 Å². The lowest BCUT2D eigenvalue weighted by Crippen LogP contribution is -1.99. The zero-order valence-corrected chi connectivity index (χ0v) is 16.4. The summed E-state index contributed by atoms with van der Waals surface area (Å²) in [5.74, 6) is 1.27. The van der Waals surface area contributed by atoms with Gasteiger partial charge >= 0.3 is 0 Å². The van der Waals surface area contributed by atoms with E-state index in [9.17, 15) is 0 Å². The summed E-state index contributed by atoms with van der Waals surface area (Å²) in [5.41, 5.74) is 1.91. The van der Waals surface area contributed by atoms with Crippen molar-refractivity contribution in [3.63, 3.8) is 0 Å². The molecule has 128 valence electrons. The van der Waals surface area contributed by atoms with Crippen LogP contribution in [0, 0.1) is 0 Å². The first-order valence-electron chi connectivity index (χ1n) is 7.34. The van der Waals surface area contributed by atoms with E-state index in [0.29, 0.717) is 28.3 Å². The van der Waals surface area contributed by atoms with Gasteiger partial charge in [0.15, 0.2) is 11.5 Å². The fourth-order valence-corrected chi connectivity index (χ4v) is 3.28. The van der Waals surface area contributed by atoms with E-state index in [1.165, 1.54) is 11.3 Å². The Morgan fingerprint density at radius 2 is 2.08 bits per heavy atom. The van der Waals surface area contributed by atoms with Crippen LogP contribution in [0.5, 0.6) is 11.5 Å². The first kappa shape index (κ1) is 17.9. The molecule has 0 saturated heterocycles. The molecule has 0 unspecified atom stereocenters. The molecule has 0 fully saturated rings. The number of methoxy groups -OCH3 is 1. The Hall–Kier alpha value is -1.89. The van der Waals surface area contributed by atoms with Crippen LogP contribution in [0.2, 0.25) is 5.02 Å². The molecule has 1 heterocycles. The minimum Gasteiger partial charge on any atom is -0.493 e. The average Bonchev–Trinajstić information content (AvgIpc) is 3.13. The number of nitrogens with zero attached hydrogens (tertiary/aromatic N) is 2. The van der Waals surface area contributed by atoms with Crippen LogP contribution in [0.1, 0.15) is 11.1 Å². The van der Waals surface area contributed by atoms with Crippen LogP contribution >= 0.6 is 38.9 Å². The van der Waals surface area contributed by atoms with E-state index in [1.807, 2.05) is 41.8 Å². The van der Waals surface area contributed by atoms with Crippen LogP contribution in [0.25, 0.3) is 0 Å². The number of hydrogen-bond acceptors (Lipinski definition) is 5. The molecule has 0 radical (unpaired) electrons. The lowest BCUT2D eigenvalue weighted by atomic mass is 10.2. The molecule has 0 bridgehead atoms. The van der Waals surface area contributed by atoms with Crippen LogP contribution in [-0.2, 0) is 6.61 Å². The standard InChI is InChI=1S/C18H14BrClN2O2S/c1-23-16-9-13(10-22-18-21-6-7-25-18)8-15(19)17(16)24-11-12-2-4-14(20)5-3-12/h2-10H,11H2,1H3. The Morgan fingerprint density at radius 1 is 1.28 bits per heavy atom. The van der Waals surface area contributed by atoms with Crippen LogP contribution < -0.4 is 9.47 Å². The summed E-state index contributed by atoms with van der Waals surface area (Å²) in [6.45, 7) is 0.415. The molecule has 0 atom stereocenters. The smallest absolute Gasteiger partial charge is 0.208 e. The van der Waals surface area contributed by atoms with Crippen molar-refractivity contribution in [1.29, 1.82) is 0 Å². The average molecular weight is 438 g/mol. The van der Waals surface area contributed by atoms with E-state index in [4.69, 9.17) is 21.1 Å². The maximum Gasteiger partial charge on any atom is 0.208 e. The summed E-state index contributed by atoms with van der Waals surface area (Å²) in [4.78, 5) is 8.46. The zero-order valence-electron chi connectivity index (χ0n) is 13.3. The summed E-state index contributed by atoms with van der Waals surface area (Å²) in [6, 6.07) is 11.3. The molecule has 4 nitrogen and oxygen atoms in total. The fraction of sp³-hybridized carbons (Fsp3) is 0.111. The third kappa shape index (κ3) is 4.81. The van der Waals surface area contributed by atoms with Crippen molar-refractivity contribution in [3.05, 3.63) is 68.6 Å². The van der Waals surface area contributed by atoms with E-state index in [0.717, 1.165) is 15.6 Å². The van der Waals surface area contributed by atoms with E-state index in [1.54, 1.807) is 19.5 Å². The second-order valence-electron chi connectivity index (χ2n) is 5.02. The molecule has 0 saturated carbocycles. The molecule has 1 aromatic heterocycles. The highest BCUT2D eigenvalue weighted by molar-refractivity contribution is 9.10. The molecule has 2 aromatic carbocycles. The van der Waals surface area contributed by atoms with Gasteiger partial charge in [-0.3, -0.25) is 0 Å². The van der Waals surface area contributed by atoms with Gasteiger partial charge in [-0.25, -0.2) is 9.98 Å². The topological polar surface area (TPSA) is 43.7 Å². The van der Waals surface area contributed by atoms with E-state index >= 15 is 0 Å². The molecule has 25 heavy (non-hydrogen) atoms. The summed E-state index contributed by atoms with van der Waals surface area (Å²) in [5, 5.41) is 3.29. The van der Waals surface area contributed by atoms with Crippen LogP contribution in [0.3, 0.4) is 0 Å². The third-order valence-corrected chi connectivity index (χ3v) is 4.81. The molecule has 0 amide bonds.